The molecule has 0 spiro atoms. The average Bonchev–Trinajstić information content (AvgIpc) is 2.42. The fraction of sp³-hybridized carbons (Fsp3) is 0.438. The molecule has 0 fully saturated rings. The van der Waals surface area contributed by atoms with Gasteiger partial charge in [0.1, 0.15) is 12.4 Å². The number of carbonyl (C=O) groups is 1. The Hall–Kier alpha value is -1.61. The van der Waals surface area contributed by atoms with Gasteiger partial charge in [0, 0.05) is 11.6 Å². The first-order chi connectivity index (χ1) is 9.02. The summed E-state index contributed by atoms with van der Waals surface area (Å²) in [6, 6.07) is 7.60. The Kier molecular flexibility index (Phi) is 6.30. The quantitative estimate of drug-likeness (QED) is 0.577. The third-order valence-electron chi connectivity index (χ3n) is 2.88. The van der Waals surface area contributed by atoms with Crippen LogP contribution in [0, 0.1) is 0 Å². The van der Waals surface area contributed by atoms with Gasteiger partial charge in [0.25, 0.3) is 0 Å². The van der Waals surface area contributed by atoms with Crippen LogP contribution in [0.15, 0.2) is 36.4 Å². The Morgan fingerprint density at radius 2 is 2.00 bits per heavy atom. The zero-order valence-electron chi connectivity index (χ0n) is 12.0. The molecule has 0 radical (unpaired) electrons. The predicted octanol–water partition coefficient (Wildman–Crippen LogP) is 3.21. The molecule has 0 saturated carbocycles. The molecule has 1 N–H and O–H groups in total. The second-order valence-electron chi connectivity index (χ2n) is 4.88. The van der Waals surface area contributed by atoms with E-state index in [0.29, 0.717) is 24.8 Å². The molecule has 1 aromatic rings. The van der Waals surface area contributed by atoms with Gasteiger partial charge >= 0.3 is 0 Å². The highest BCUT2D eigenvalue weighted by molar-refractivity contribution is 5.97. The Morgan fingerprint density at radius 1 is 1.37 bits per heavy atom. The van der Waals surface area contributed by atoms with Gasteiger partial charge in [-0.25, -0.2) is 0 Å². The van der Waals surface area contributed by atoms with Crippen molar-refractivity contribution in [2.24, 2.45) is 0 Å². The molecule has 1 rings (SSSR count). The Labute approximate surface area is 115 Å². The van der Waals surface area contributed by atoms with Crippen LogP contribution in [0.1, 0.15) is 37.6 Å². The van der Waals surface area contributed by atoms with E-state index < -0.39 is 0 Å². The third-order valence-corrected chi connectivity index (χ3v) is 2.88. The maximum absolute atomic E-state index is 11.9. The van der Waals surface area contributed by atoms with Gasteiger partial charge in [-0.15, -0.1) is 0 Å². The largest absolute Gasteiger partial charge is 0.489 e. The van der Waals surface area contributed by atoms with Crippen LogP contribution in [0.5, 0.6) is 5.75 Å². The molecular formula is C16H23NO2. The number of rotatable bonds is 8. The molecule has 1 unspecified atom stereocenters. The van der Waals surface area contributed by atoms with Crippen LogP contribution in [0.3, 0.4) is 0 Å². The van der Waals surface area contributed by atoms with Gasteiger partial charge in [-0.2, -0.15) is 0 Å². The highest BCUT2D eigenvalue weighted by atomic mass is 16.5. The van der Waals surface area contributed by atoms with Crippen molar-refractivity contribution in [3.63, 3.8) is 0 Å². The van der Waals surface area contributed by atoms with Gasteiger partial charge in [-0.05, 0) is 50.1 Å². The van der Waals surface area contributed by atoms with Gasteiger partial charge in [0.15, 0.2) is 5.78 Å². The molecular weight excluding hydrogens is 238 g/mol. The molecule has 0 saturated heterocycles. The summed E-state index contributed by atoms with van der Waals surface area (Å²) in [6.45, 7) is 10.7. The maximum atomic E-state index is 11.9. The zero-order chi connectivity index (χ0) is 14.3. The van der Waals surface area contributed by atoms with Crippen LogP contribution in [0.25, 0.3) is 0 Å². The predicted molar refractivity (Wildman–Crippen MR) is 78.8 cm³/mol. The first-order valence-corrected chi connectivity index (χ1v) is 6.66. The summed E-state index contributed by atoms with van der Waals surface area (Å²) < 4.78 is 5.49. The lowest BCUT2D eigenvalue weighted by Crippen LogP contribution is -2.30. The summed E-state index contributed by atoms with van der Waals surface area (Å²) in [7, 11) is 0. The van der Waals surface area contributed by atoms with Crippen LogP contribution in [-0.2, 0) is 0 Å². The molecule has 0 amide bonds. The molecule has 0 aliphatic heterocycles. The number of ether oxygens (including phenoxy) is 1. The molecule has 1 aromatic carbocycles. The summed E-state index contributed by atoms with van der Waals surface area (Å²) in [4.78, 5) is 11.9. The number of hydrogen-bond donors (Lipinski definition) is 1. The van der Waals surface area contributed by atoms with Crippen LogP contribution in [-0.4, -0.2) is 25.0 Å². The third kappa shape index (κ3) is 5.71. The first-order valence-electron chi connectivity index (χ1n) is 6.66. The van der Waals surface area contributed by atoms with E-state index in [-0.39, 0.29) is 5.78 Å². The number of benzene rings is 1. The lowest BCUT2D eigenvalue weighted by Gasteiger charge is -2.10. The van der Waals surface area contributed by atoms with E-state index in [1.54, 1.807) is 12.1 Å². The number of carbonyl (C=O) groups excluding carboxylic acids is 1. The monoisotopic (exact) mass is 261 g/mol. The van der Waals surface area contributed by atoms with Crippen LogP contribution in [0.2, 0.25) is 0 Å². The SMILES string of the molecule is C=C(C)COc1ccc(C(=O)CNC(C)CC)cc1. The van der Waals surface area contributed by atoms with Gasteiger partial charge in [0.05, 0.1) is 6.54 Å². The van der Waals surface area contributed by atoms with Crippen LogP contribution >= 0.6 is 0 Å². The minimum absolute atomic E-state index is 0.103. The summed E-state index contributed by atoms with van der Waals surface area (Å²) in [5, 5.41) is 3.19. The zero-order valence-corrected chi connectivity index (χ0v) is 12.0. The van der Waals surface area contributed by atoms with Gasteiger partial charge in [-0.1, -0.05) is 13.5 Å². The molecule has 0 aliphatic carbocycles. The minimum atomic E-state index is 0.103. The van der Waals surface area contributed by atoms with Crippen molar-refractivity contribution in [1.29, 1.82) is 0 Å². The van der Waals surface area contributed by atoms with Crippen LogP contribution in [0.4, 0.5) is 0 Å². The average molecular weight is 261 g/mol. The molecule has 1 atom stereocenters. The van der Waals surface area contributed by atoms with E-state index >= 15 is 0 Å². The summed E-state index contributed by atoms with van der Waals surface area (Å²) in [5.41, 5.74) is 1.68. The van der Waals surface area contributed by atoms with Crippen molar-refractivity contribution in [3.8, 4) is 5.75 Å². The lowest BCUT2D eigenvalue weighted by atomic mass is 10.1. The Balaban J connectivity index is 2.50. The second kappa shape index (κ2) is 7.74. The molecule has 3 nitrogen and oxygen atoms in total. The molecule has 19 heavy (non-hydrogen) atoms. The van der Waals surface area contributed by atoms with Crippen molar-refractivity contribution in [2.45, 2.75) is 33.2 Å². The number of ketones is 1. The highest BCUT2D eigenvalue weighted by Gasteiger charge is 2.07. The summed E-state index contributed by atoms with van der Waals surface area (Å²) >= 11 is 0. The van der Waals surface area contributed by atoms with E-state index in [2.05, 4.69) is 25.7 Å². The van der Waals surface area contributed by atoms with Crippen molar-refractivity contribution in [2.75, 3.05) is 13.2 Å². The highest BCUT2D eigenvalue weighted by Crippen LogP contribution is 2.13. The second-order valence-corrected chi connectivity index (χ2v) is 4.88. The maximum Gasteiger partial charge on any atom is 0.176 e. The fourth-order valence-electron chi connectivity index (χ4n) is 1.46. The number of hydrogen-bond acceptors (Lipinski definition) is 3. The summed E-state index contributed by atoms with van der Waals surface area (Å²) in [6.07, 6.45) is 1.01. The van der Waals surface area contributed by atoms with Crippen molar-refractivity contribution in [3.05, 3.63) is 42.0 Å². The smallest absolute Gasteiger partial charge is 0.176 e. The number of Topliss-reactive ketones (excluding diaryl/α,β-unsaturated/α-hetero) is 1. The molecule has 0 heterocycles. The van der Waals surface area contributed by atoms with Crippen molar-refractivity contribution in [1.82, 2.24) is 5.32 Å². The van der Waals surface area contributed by atoms with Crippen LogP contribution < -0.4 is 10.1 Å². The van der Waals surface area contributed by atoms with Crippen molar-refractivity contribution < 1.29 is 9.53 Å². The molecule has 3 heteroatoms. The van der Waals surface area contributed by atoms with E-state index in [1.807, 2.05) is 19.1 Å². The molecule has 0 aliphatic rings. The van der Waals surface area contributed by atoms with Gasteiger partial charge in [0.2, 0.25) is 0 Å². The van der Waals surface area contributed by atoms with E-state index in [1.165, 1.54) is 0 Å². The molecule has 104 valence electrons. The van der Waals surface area contributed by atoms with E-state index in [9.17, 15) is 4.79 Å². The first kappa shape index (κ1) is 15.4. The van der Waals surface area contributed by atoms with Crippen molar-refractivity contribution >= 4 is 5.78 Å². The summed E-state index contributed by atoms with van der Waals surface area (Å²) in [5.74, 6) is 0.862. The van der Waals surface area contributed by atoms with Gasteiger partial charge < -0.3 is 10.1 Å². The van der Waals surface area contributed by atoms with Gasteiger partial charge in [-0.3, -0.25) is 4.79 Å². The Bertz CT molecular complexity index is 423. The minimum Gasteiger partial charge on any atom is -0.489 e. The lowest BCUT2D eigenvalue weighted by molar-refractivity contribution is 0.0987. The van der Waals surface area contributed by atoms with E-state index in [0.717, 1.165) is 17.7 Å². The number of nitrogens with one attached hydrogen (secondary N) is 1. The molecule has 0 aromatic heterocycles. The normalized spacial score (nSPS) is 11.9. The topological polar surface area (TPSA) is 38.3 Å². The van der Waals surface area contributed by atoms with E-state index in [4.69, 9.17) is 4.74 Å². The Morgan fingerprint density at radius 3 is 2.53 bits per heavy atom. The fourth-order valence-corrected chi connectivity index (χ4v) is 1.46. The molecule has 0 bridgehead atoms. The standard InChI is InChI=1S/C16H23NO2/c1-5-13(4)17-10-16(18)14-6-8-15(9-7-14)19-11-12(2)3/h6-9,13,17H,2,5,10-11H2,1,3-4H3.